The second-order valence-electron chi connectivity index (χ2n) is 13.4. The molecule has 49 heavy (non-hydrogen) atoms. The standard InChI is InChI=1S/C34H40N6O8S/c1-19-15-25(39-48-19)28-35-23-13-14-49-27(23)30(37-28)46-22-16-26-29(41)38-34(32(43)44)17-20(34)9-5-3-2-4-6-12-24(31(42)40(26)18-22)36-33(45)47-21-10-7-8-11-21/h5,9,13-15,20-22,24,26H,2-4,6-8,10-12,16-18H2,1H3,(H,36,45)(H,38,41)(H,43,44)/b9-5-/t20-,22-,24+,26+,34-/m1/s1. The number of ether oxygens (including phenoxy) is 2. The molecular formula is C34H40N6O8S. The van der Waals surface area contributed by atoms with Crippen LogP contribution in [0.2, 0.25) is 0 Å². The Labute approximate surface area is 286 Å². The van der Waals surface area contributed by atoms with Gasteiger partial charge in [0.25, 0.3) is 0 Å². The van der Waals surface area contributed by atoms with Crippen LogP contribution in [0.3, 0.4) is 0 Å². The lowest BCUT2D eigenvalue weighted by Gasteiger charge is -2.29. The lowest BCUT2D eigenvalue weighted by atomic mass is 10.0. The van der Waals surface area contributed by atoms with Crippen LogP contribution in [0.1, 0.15) is 76.4 Å². The number of rotatable bonds is 6. The molecule has 4 aliphatic rings. The number of carbonyl (C=O) groups excluding carboxylic acids is 3. The van der Waals surface area contributed by atoms with Crippen LogP contribution in [0.4, 0.5) is 4.79 Å². The van der Waals surface area contributed by atoms with Gasteiger partial charge in [0.1, 0.15) is 40.3 Å². The first-order chi connectivity index (χ1) is 23.7. The number of alkyl carbamates (subject to hydrolysis) is 1. The minimum Gasteiger partial charge on any atom is -0.479 e. The average molecular weight is 693 g/mol. The molecule has 3 aromatic heterocycles. The molecule has 5 heterocycles. The number of hydrogen-bond donors (Lipinski definition) is 3. The molecule has 2 aliphatic heterocycles. The highest BCUT2D eigenvalue weighted by Gasteiger charge is 2.61. The quantitative estimate of drug-likeness (QED) is 0.309. The number of aryl methyl sites for hydroxylation is 1. The molecule has 0 spiro atoms. The average Bonchev–Trinajstić information content (AvgIpc) is 3.68. The van der Waals surface area contributed by atoms with Crippen molar-refractivity contribution in [3.8, 4) is 17.4 Å². The molecule has 0 radical (unpaired) electrons. The summed E-state index contributed by atoms with van der Waals surface area (Å²) in [6.45, 7) is 1.79. The van der Waals surface area contributed by atoms with Crippen molar-refractivity contribution in [3.63, 3.8) is 0 Å². The molecule has 3 N–H and O–H groups in total. The summed E-state index contributed by atoms with van der Waals surface area (Å²) in [6, 6.07) is 1.58. The van der Waals surface area contributed by atoms with Crippen LogP contribution in [0.5, 0.6) is 5.88 Å². The number of allylic oxidation sites excluding steroid dienone is 1. The number of fused-ring (bicyclic) bond motifs is 3. The van der Waals surface area contributed by atoms with Gasteiger partial charge in [-0.15, -0.1) is 11.3 Å². The molecule has 260 valence electrons. The van der Waals surface area contributed by atoms with E-state index in [-0.39, 0.29) is 37.3 Å². The first kappa shape index (κ1) is 33.0. The van der Waals surface area contributed by atoms with Gasteiger partial charge in [-0.3, -0.25) is 9.59 Å². The van der Waals surface area contributed by atoms with E-state index < -0.39 is 47.6 Å². The monoisotopic (exact) mass is 692 g/mol. The van der Waals surface area contributed by atoms with Gasteiger partial charge in [0.15, 0.2) is 11.5 Å². The number of aliphatic carboxylic acids is 1. The molecule has 14 nitrogen and oxygen atoms in total. The molecule has 3 fully saturated rings. The van der Waals surface area contributed by atoms with Crippen molar-refractivity contribution in [1.29, 1.82) is 0 Å². The van der Waals surface area contributed by atoms with Crippen molar-refractivity contribution in [1.82, 2.24) is 30.7 Å². The van der Waals surface area contributed by atoms with E-state index in [9.17, 15) is 24.3 Å². The Bertz CT molecular complexity index is 1770. The van der Waals surface area contributed by atoms with Crippen LogP contribution in [0.15, 0.2) is 34.2 Å². The molecule has 5 atom stereocenters. The fourth-order valence-corrected chi connectivity index (χ4v) is 7.90. The first-order valence-corrected chi connectivity index (χ1v) is 17.9. The van der Waals surface area contributed by atoms with Gasteiger partial charge in [-0.05, 0) is 69.7 Å². The Hall–Kier alpha value is -4.53. The Kier molecular flexibility index (Phi) is 9.27. The molecule has 0 aromatic carbocycles. The van der Waals surface area contributed by atoms with Crippen LogP contribution in [-0.4, -0.2) is 85.4 Å². The maximum atomic E-state index is 14.3. The summed E-state index contributed by atoms with van der Waals surface area (Å²) in [5, 5.41) is 21.7. The van der Waals surface area contributed by atoms with Crippen molar-refractivity contribution >= 4 is 45.4 Å². The number of nitrogens with one attached hydrogen (secondary N) is 2. The molecule has 0 unspecified atom stereocenters. The van der Waals surface area contributed by atoms with E-state index in [2.05, 4.69) is 25.8 Å². The van der Waals surface area contributed by atoms with Gasteiger partial charge < -0.3 is 34.6 Å². The number of nitrogens with zero attached hydrogens (tertiary/aromatic N) is 4. The molecule has 1 saturated heterocycles. The summed E-state index contributed by atoms with van der Waals surface area (Å²) in [7, 11) is 0. The maximum Gasteiger partial charge on any atom is 0.408 e. The number of aromatic nitrogens is 3. The van der Waals surface area contributed by atoms with Gasteiger partial charge in [-0.1, -0.05) is 30.2 Å². The third-order valence-corrected chi connectivity index (χ3v) is 10.8. The molecule has 3 amide bonds. The third-order valence-electron chi connectivity index (χ3n) is 9.90. The molecule has 2 aliphatic carbocycles. The van der Waals surface area contributed by atoms with Crippen LogP contribution in [0, 0.1) is 12.8 Å². The van der Waals surface area contributed by atoms with Crippen molar-refractivity contribution < 1.29 is 38.3 Å². The summed E-state index contributed by atoms with van der Waals surface area (Å²) < 4.78 is 18.0. The summed E-state index contributed by atoms with van der Waals surface area (Å²) in [4.78, 5) is 64.5. The highest BCUT2D eigenvalue weighted by molar-refractivity contribution is 7.17. The second-order valence-corrected chi connectivity index (χ2v) is 14.4. The van der Waals surface area contributed by atoms with Gasteiger partial charge in [0, 0.05) is 18.4 Å². The van der Waals surface area contributed by atoms with Crippen LogP contribution >= 0.6 is 11.3 Å². The van der Waals surface area contributed by atoms with Crippen LogP contribution in [-0.2, 0) is 19.1 Å². The Morgan fingerprint density at radius 2 is 1.94 bits per heavy atom. The normalized spacial score (nSPS) is 28.6. The van der Waals surface area contributed by atoms with Gasteiger partial charge in [0.2, 0.25) is 17.7 Å². The minimum absolute atomic E-state index is 0.0193. The van der Waals surface area contributed by atoms with E-state index in [1.54, 1.807) is 13.0 Å². The molecule has 0 bridgehead atoms. The number of carbonyl (C=O) groups is 4. The topological polar surface area (TPSA) is 186 Å². The van der Waals surface area contributed by atoms with E-state index in [1.165, 1.54) is 16.2 Å². The van der Waals surface area contributed by atoms with Crippen LogP contribution in [0.25, 0.3) is 21.7 Å². The van der Waals surface area contributed by atoms with Gasteiger partial charge in [-0.25, -0.2) is 14.6 Å². The lowest BCUT2D eigenvalue weighted by molar-refractivity contribution is -0.145. The molecule has 7 rings (SSSR count). The third kappa shape index (κ3) is 6.98. The number of thiophene rings is 1. The van der Waals surface area contributed by atoms with Crippen LogP contribution < -0.4 is 15.4 Å². The molecule has 15 heteroatoms. The smallest absolute Gasteiger partial charge is 0.408 e. The Balaban J connectivity index is 1.17. The molecular weight excluding hydrogens is 652 g/mol. The molecule has 2 saturated carbocycles. The Morgan fingerprint density at radius 1 is 1.12 bits per heavy atom. The second kappa shape index (κ2) is 13.8. The fraction of sp³-hybridized carbons (Fsp3) is 0.559. The SMILES string of the molecule is Cc1cc(-c2nc(O[C@@H]3C[C@H]4C(=O)N[C@]5(C(=O)O)C[C@H]5/C=C\CCCCC[C@H](NC(=O)OC5CCCC5)C(=O)N4C3)c3sccc3n2)no1. The number of amides is 3. The largest absolute Gasteiger partial charge is 0.479 e. The molecule has 3 aromatic rings. The van der Waals surface area contributed by atoms with Gasteiger partial charge >= 0.3 is 12.1 Å². The zero-order chi connectivity index (χ0) is 34.1. The van der Waals surface area contributed by atoms with Crippen molar-refractivity contribution in [3.05, 3.63) is 35.4 Å². The Morgan fingerprint density at radius 3 is 2.71 bits per heavy atom. The van der Waals surface area contributed by atoms with E-state index in [1.807, 2.05) is 23.6 Å². The van der Waals surface area contributed by atoms with Crippen molar-refractivity contribution in [2.75, 3.05) is 6.54 Å². The fourth-order valence-electron chi connectivity index (χ4n) is 7.14. The zero-order valence-corrected chi connectivity index (χ0v) is 28.1. The lowest BCUT2D eigenvalue weighted by Crippen LogP contribution is -2.56. The predicted octanol–water partition coefficient (Wildman–Crippen LogP) is 4.52. The van der Waals surface area contributed by atoms with E-state index >= 15 is 0 Å². The summed E-state index contributed by atoms with van der Waals surface area (Å²) >= 11 is 1.40. The first-order valence-electron chi connectivity index (χ1n) is 17.1. The van der Waals surface area contributed by atoms with E-state index in [0.29, 0.717) is 40.3 Å². The number of hydrogen-bond acceptors (Lipinski definition) is 11. The van der Waals surface area contributed by atoms with Gasteiger partial charge in [0.05, 0.1) is 12.1 Å². The highest BCUT2D eigenvalue weighted by atomic mass is 32.1. The number of carboxylic acid groups (broad SMARTS) is 1. The van der Waals surface area contributed by atoms with E-state index in [4.69, 9.17) is 14.0 Å². The summed E-state index contributed by atoms with van der Waals surface area (Å²) in [5.74, 6) is -1.30. The maximum absolute atomic E-state index is 14.3. The summed E-state index contributed by atoms with van der Waals surface area (Å²) in [5.41, 5.74) is -0.354. The zero-order valence-electron chi connectivity index (χ0n) is 27.3. The number of carboxylic acids is 1. The summed E-state index contributed by atoms with van der Waals surface area (Å²) in [6.07, 6.45) is 9.68. The van der Waals surface area contributed by atoms with Gasteiger partial charge in [-0.2, -0.15) is 4.98 Å². The highest BCUT2D eigenvalue weighted by Crippen LogP contribution is 2.45. The predicted molar refractivity (Wildman–Crippen MR) is 177 cm³/mol. The van der Waals surface area contributed by atoms with Crippen molar-refractivity contribution in [2.24, 2.45) is 5.92 Å². The van der Waals surface area contributed by atoms with E-state index in [0.717, 1.165) is 44.9 Å². The van der Waals surface area contributed by atoms with Crippen molar-refractivity contribution in [2.45, 2.75) is 107 Å². The minimum atomic E-state index is -1.44.